The molecule has 8 aromatic rings. The fourth-order valence-electron chi connectivity index (χ4n) is 7.89. The number of benzene rings is 7. The maximum Gasteiger partial charge on any atom is 0.187 e. The third-order valence-electron chi connectivity index (χ3n) is 10.2. The van der Waals surface area contributed by atoms with Gasteiger partial charge in [0.1, 0.15) is 11.5 Å². The molecule has 0 saturated carbocycles. The van der Waals surface area contributed by atoms with Gasteiger partial charge in [0.15, 0.2) is 23.2 Å². The lowest BCUT2D eigenvalue weighted by Crippen LogP contribution is -2.32. The Labute approximate surface area is 301 Å². The molecule has 1 aliphatic carbocycles. The van der Waals surface area contributed by atoms with Crippen LogP contribution in [0, 0.1) is 6.57 Å². The molecule has 0 atom stereocenters. The lowest BCUT2D eigenvalue weighted by atomic mass is 9.66. The van der Waals surface area contributed by atoms with Crippen LogP contribution in [0.15, 0.2) is 170 Å². The van der Waals surface area contributed by atoms with Gasteiger partial charge in [-0.05, 0) is 51.6 Å². The average Bonchev–Trinajstić information content (AvgIpc) is 3.51. The van der Waals surface area contributed by atoms with Gasteiger partial charge in [0.25, 0.3) is 0 Å². The number of hydrogen-bond donors (Lipinski definition) is 0. The fraction of sp³-hybridized carbons (Fsp3) is 0.0213. The van der Waals surface area contributed by atoms with Crippen LogP contribution in [0.4, 0.5) is 5.69 Å². The van der Waals surface area contributed by atoms with E-state index in [1.165, 1.54) is 16.7 Å². The summed E-state index contributed by atoms with van der Waals surface area (Å²) in [5.74, 6) is 3.56. The minimum atomic E-state index is -0.534. The highest BCUT2D eigenvalue weighted by Gasteiger charge is 2.50. The van der Waals surface area contributed by atoms with Crippen LogP contribution in [0.1, 0.15) is 22.3 Å². The van der Waals surface area contributed by atoms with E-state index < -0.39 is 5.41 Å². The van der Waals surface area contributed by atoms with Gasteiger partial charge in [-0.15, -0.1) is 0 Å². The van der Waals surface area contributed by atoms with Crippen molar-refractivity contribution in [1.82, 2.24) is 15.0 Å². The van der Waals surface area contributed by atoms with Crippen LogP contribution in [0.3, 0.4) is 0 Å². The highest BCUT2D eigenvalue weighted by molar-refractivity contribution is 5.90. The highest BCUT2D eigenvalue weighted by Crippen LogP contribution is 2.62. The van der Waals surface area contributed by atoms with Gasteiger partial charge in [0.05, 0.1) is 12.0 Å². The lowest BCUT2D eigenvalue weighted by Gasteiger charge is -2.39. The molecular weight excluding hydrogens is 637 g/mol. The molecule has 0 bridgehead atoms. The van der Waals surface area contributed by atoms with Gasteiger partial charge >= 0.3 is 0 Å². The summed E-state index contributed by atoms with van der Waals surface area (Å²) in [7, 11) is 0. The van der Waals surface area contributed by atoms with Crippen LogP contribution in [-0.2, 0) is 5.41 Å². The molecular formula is C47H28N4O. The zero-order chi connectivity index (χ0) is 34.6. The molecule has 1 spiro atoms. The summed E-state index contributed by atoms with van der Waals surface area (Å²) < 4.78 is 6.50. The van der Waals surface area contributed by atoms with Gasteiger partial charge in [0.2, 0.25) is 0 Å². The monoisotopic (exact) mass is 664 g/mol. The predicted molar refractivity (Wildman–Crippen MR) is 205 cm³/mol. The van der Waals surface area contributed by atoms with Crippen LogP contribution in [-0.4, -0.2) is 15.0 Å². The molecule has 7 aromatic carbocycles. The number of rotatable bonds is 4. The first-order chi connectivity index (χ1) is 25.7. The third-order valence-corrected chi connectivity index (χ3v) is 10.2. The van der Waals surface area contributed by atoms with E-state index in [4.69, 9.17) is 26.3 Å². The van der Waals surface area contributed by atoms with Crippen molar-refractivity contribution >= 4 is 5.69 Å². The van der Waals surface area contributed by atoms with Gasteiger partial charge in [-0.1, -0.05) is 152 Å². The van der Waals surface area contributed by atoms with Crippen LogP contribution in [0.25, 0.3) is 61.3 Å². The standard InChI is InChI=1S/C47H28N4O/c1-48-35-26-23-31(24-27-35)30-19-21-33(22-20-30)45-49-44(32-11-3-2-4-12-32)50-46(51-45)34-25-28-39-37(29-34)36-13-5-6-14-38(36)47(39)40-15-7-9-17-42(40)52-43-18-10-8-16-41(43)47/h2-29H. The van der Waals surface area contributed by atoms with E-state index in [0.29, 0.717) is 23.2 Å². The highest BCUT2D eigenvalue weighted by atomic mass is 16.5. The maximum absolute atomic E-state index is 7.27. The Morgan fingerprint density at radius 3 is 1.50 bits per heavy atom. The van der Waals surface area contributed by atoms with Crippen molar-refractivity contribution < 1.29 is 4.74 Å². The summed E-state index contributed by atoms with van der Waals surface area (Å²) in [5.41, 5.74) is 12.0. The molecule has 0 amide bonds. The van der Waals surface area contributed by atoms with Gasteiger partial charge in [-0.2, -0.15) is 0 Å². The van der Waals surface area contributed by atoms with E-state index >= 15 is 0 Å². The van der Waals surface area contributed by atoms with Crippen molar-refractivity contribution in [3.8, 4) is 67.9 Å². The van der Waals surface area contributed by atoms with E-state index in [1.54, 1.807) is 0 Å². The molecule has 2 heterocycles. The van der Waals surface area contributed by atoms with Crippen LogP contribution >= 0.6 is 0 Å². The summed E-state index contributed by atoms with van der Waals surface area (Å²) >= 11 is 0. The lowest BCUT2D eigenvalue weighted by molar-refractivity contribution is 0.436. The molecule has 52 heavy (non-hydrogen) atoms. The molecule has 242 valence electrons. The predicted octanol–water partition coefficient (Wildman–Crippen LogP) is 11.6. The molecule has 5 nitrogen and oxygen atoms in total. The summed E-state index contributed by atoms with van der Waals surface area (Å²) in [6.07, 6.45) is 0. The summed E-state index contributed by atoms with van der Waals surface area (Å²) in [5, 5.41) is 0. The smallest absolute Gasteiger partial charge is 0.187 e. The van der Waals surface area contributed by atoms with Crippen molar-refractivity contribution in [2.75, 3.05) is 0 Å². The van der Waals surface area contributed by atoms with Gasteiger partial charge < -0.3 is 4.74 Å². The number of aromatic nitrogens is 3. The Bertz CT molecular complexity index is 2670. The van der Waals surface area contributed by atoms with E-state index in [0.717, 1.165) is 56.0 Å². The fourth-order valence-corrected chi connectivity index (χ4v) is 7.89. The first-order valence-corrected chi connectivity index (χ1v) is 17.2. The number of fused-ring (bicyclic) bond motifs is 9. The number of para-hydroxylation sites is 2. The summed E-state index contributed by atoms with van der Waals surface area (Å²) in [4.78, 5) is 18.7. The molecule has 0 radical (unpaired) electrons. The zero-order valence-corrected chi connectivity index (χ0v) is 27.9. The van der Waals surface area contributed by atoms with Crippen LogP contribution < -0.4 is 4.74 Å². The second kappa shape index (κ2) is 11.7. The second-order valence-corrected chi connectivity index (χ2v) is 13.1. The first-order valence-electron chi connectivity index (χ1n) is 17.2. The quantitative estimate of drug-likeness (QED) is 0.176. The van der Waals surface area contributed by atoms with Crippen LogP contribution in [0.2, 0.25) is 0 Å². The molecule has 0 fully saturated rings. The molecule has 1 aliphatic heterocycles. The zero-order valence-electron chi connectivity index (χ0n) is 27.9. The first kappa shape index (κ1) is 29.7. The van der Waals surface area contributed by atoms with Gasteiger partial charge in [-0.25, -0.2) is 19.8 Å². The third kappa shape index (κ3) is 4.52. The Morgan fingerprint density at radius 1 is 0.404 bits per heavy atom. The molecule has 10 rings (SSSR count). The van der Waals surface area contributed by atoms with Crippen molar-refractivity contribution in [2.45, 2.75) is 5.41 Å². The number of nitrogens with zero attached hydrogens (tertiary/aromatic N) is 4. The normalized spacial score (nSPS) is 12.9. The van der Waals surface area contributed by atoms with Crippen molar-refractivity contribution in [3.05, 3.63) is 204 Å². The SMILES string of the molecule is [C-]#[N+]c1ccc(-c2ccc(-c3nc(-c4ccccc4)nc(-c4ccc5c(c4)-c4ccccc4C54c5ccccc5Oc5ccccc54)n3)cc2)cc1. The Hall–Kier alpha value is -7.16. The van der Waals surface area contributed by atoms with E-state index in [1.807, 2.05) is 66.7 Å². The Kier molecular flexibility index (Phi) is 6.70. The summed E-state index contributed by atoms with van der Waals surface area (Å²) in [6.45, 7) is 7.27. The Balaban J connectivity index is 1.14. The van der Waals surface area contributed by atoms with Gasteiger partial charge in [-0.3, -0.25) is 0 Å². The second-order valence-electron chi connectivity index (χ2n) is 13.1. The number of ether oxygens (including phenoxy) is 1. The van der Waals surface area contributed by atoms with E-state index in [-0.39, 0.29) is 0 Å². The molecule has 0 unspecified atom stereocenters. The average molecular weight is 665 g/mol. The minimum absolute atomic E-state index is 0.534. The minimum Gasteiger partial charge on any atom is -0.457 e. The van der Waals surface area contributed by atoms with Crippen molar-refractivity contribution in [2.24, 2.45) is 0 Å². The molecule has 0 N–H and O–H groups in total. The number of hydrogen-bond acceptors (Lipinski definition) is 4. The topological polar surface area (TPSA) is 52.3 Å². The van der Waals surface area contributed by atoms with E-state index in [2.05, 4.69) is 108 Å². The molecule has 1 aromatic heterocycles. The maximum atomic E-state index is 7.27. The van der Waals surface area contributed by atoms with Crippen molar-refractivity contribution in [1.29, 1.82) is 0 Å². The van der Waals surface area contributed by atoms with Gasteiger partial charge in [0, 0.05) is 27.8 Å². The largest absolute Gasteiger partial charge is 0.457 e. The Morgan fingerprint density at radius 2 is 0.865 bits per heavy atom. The molecule has 0 saturated heterocycles. The van der Waals surface area contributed by atoms with Crippen molar-refractivity contribution in [3.63, 3.8) is 0 Å². The molecule has 2 aliphatic rings. The van der Waals surface area contributed by atoms with Crippen LogP contribution in [0.5, 0.6) is 11.5 Å². The molecule has 5 heteroatoms. The summed E-state index contributed by atoms with van der Waals surface area (Å²) in [6, 6.07) is 58.1. The van der Waals surface area contributed by atoms with E-state index in [9.17, 15) is 0 Å².